The van der Waals surface area contributed by atoms with Gasteiger partial charge in [0, 0.05) is 32.1 Å². The molecule has 1 saturated heterocycles. The van der Waals surface area contributed by atoms with Gasteiger partial charge in [-0.25, -0.2) is 0 Å². The van der Waals surface area contributed by atoms with E-state index in [9.17, 15) is 4.79 Å². The van der Waals surface area contributed by atoms with Crippen molar-refractivity contribution < 1.29 is 4.79 Å². The molecule has 3 heteroatoms. The number of piperidine rings is 1. The van der Waals surface area contributed by atoms with Gasteiger partial charge >= 0.3 is 0 Å². The molecule has 1 heterocycles. The van der Waals surface area contributed by atoms with E-state index in [2.05, 4.69) is 35.6 Å². The topological polar surface area (TPSA) is 32.3 Å². The van der Waals surface area contributed by atoms with Crippen LogP contribution in [-0.2, 0) is 4.79 Å². The number of rotatable bonds is 4. The Morgan fingerprint density at radius 1 is 1.15 bits per heavy atom. The third-order valence-corrected chi connectivity index (χ3v) is 4.61. The van der Waals surface area contributed by atoms with Gasteiger partial charge in [0.2, 0.25) is 5.91 Å². The number of hydrogen-bond donors (Lipinski definition) is 1. The van der Waals surface area contributed by atoms with Crippen molar-refractivity contribution in [3.63, 3.8) is 0 Å². The number of carbonyl (C=O) groups excluding carboxylic acids is 1. The van der Waals surface area contributed by atoms with E-state index in [-0.39, 0.29) is 5.91 Å². The smallest absolute Gasteiger partial charge is 0.219 e. The number of carbonyl (C=O) groups is 1. The van der Waals surface area contributed by atoms with E-state index in [1.54, 1.807) is 6.92 Å². The van der Waals surface area contributed by atoms with E-state index in [0.29, 0.717) is 12.1 Å². The highest BCUT2D eigenvalue weighted by Crippen LogP contribution is 2.41. The molecule has 0 aromatic heterocycles. The number of nitrogens with zero attached hydrogens (tertiary/aromatic N) is 1. The Hall–Kier alpha value is -1.35. The fourth-order valence-corrected chi connectivity index (χ4v) is 3.21. The third kappa shape index (κ3) is 3.21. The predicted molar refractivity (Wildman–Crippen MR) is 80.3 cm³/mol. The first-order chi connectivity index (χ1) is 9.74. The van der Waals surface area contributed by atoms with Gasteiger partial charge in [-0.05, 0) is 37.2 Å². The Kier molecular flexibility index (Phi) is 4.06. The van der Waals surface area contributed by atoms with Crippen LogP contribution in [0, 0.1) is 5.92 Å². The van der Waals surface area contributed by atoms with Crippen LogP contribution in [0.3, 0.4) is 0 Å². The highest BCUT2D eigenvalue weighted by Gasteiger charge is 2.34. The molecular formula is C17H24N2O. The normalized spacial score (nSPS) is 21.8. The molecule has 1 N–H and O–H groups in total. The quantitative estimate of drug-likeness (QED) is 0.914. The second kappa shape index (κ2) is 5.96. The summed E-state index contributed by atoms with van der Waals surface area (Å²) in [6, 6.07) is 11.9. The van der Waals surface area contributed by atoms with Crippen LogP contribution in [0.5, 0.6) is 0 Å². The van der Waals surface area contributed by atoms with Gasteiger partial charge < -0.3 is 10.2 Å². The first-order valence-corrected chi connectivity index (χ1v) is 7.80. The Labute approximate surface area is 121 Å². The molecule has 1 atom stereocenters. The number of likely N-dealkylation sites (tertiary alicyclic amines) is 1. The van der Waals surface area contributed by atoms with Gasteiger partial charge in [0.25, 0.3) is 0 Å². The number of nitrogens with one attached hydrogen (secondary N) is 1. The van der Waals surface area contributed by atoms with Crippen LogP contribution in [0.2, 0.25) is 0 Å². The average Bonchev–Trinajstić information content (AvgIpc) is 3.31. The van der Waals surface area contributed by atoms with Crippen LogP contribution >= 0.6 is 0 Å². The van der Waals surface area contributed by atoms with Crippen LogP contribution in [0.4, 0.5) is 0 Å². The molecule has 1 saturated carbocycles. The lowest BCUT2D eigenvalue weighted by Crippen LogP contribution is -2.45. The van der Waals surface area contributed by atoms with Crippen molar-refractivity contribution in [2.24, 2.45) is 5.92 Å². The molecule has 1 aliphatic heterocycles. The van der Waals surface area contributed by atoms with Crippen molar-refractivity contribution in [3.8, 4) is 0 Å². The first-order valence-electron chi connectivity index (χ1n) is 7.80. The maximum Gasteiger partial charge on any atom is 0.219 e. The zero-order valence-corrected chi connectivity index (χ0v) is 12.2. The van der Waals surface area contributed by atoms with Gasteiger partial charge in [-0.3, -0.25) is 4.79 Å². The minimum Gasteiger partial charge on any atom is -0.343 e. The molecule has 3 rings (SSSR count). The SMILES string of the molecule is CC(=O)N1CCC(NC(c2ccccc2)C2CC2)CC1. The monoisotopic (exact) mass is 272 g/mol. The lowest BCUT2D eigenvalue weighted by molar-refractivity contribution is -0.129. The Balaban J connectivity index is 1.60. The fraction of sp³-hybridized carbons (Fsp3) is 0.588. The summed E-state index contributed by atoms with van der Waals surface area (Å²) in [5.41, 5.74) is 1.42. The van der Waals surface area contributed by atoms with Crippen LogP contribution in [0.1, 0.15) is 44.2 Å². The van der Waals surface area contributed by atoms with Crippen LogP contribution < -0.4 is 5.32 Å². The molecule has 0 radical (unpaired) electrons. The van der Waals surface area contributed by atoms with Gasteiger partial charge in [0.05, 0.1) is 0 Å². The molecule has 3 nitrogen and oxygen atoms in total. The Bertz CT molecular complexity index is 447. The molecule has 1 aliphatic carbocycles. The maximum atomic E-state index is 11.4. The summed E-state index contributed by atoms with van der Waals surface area (Å²) in [5, 5.41) is 3.86. The molecule has 20 heavy (non-hydrogen) atoms. The molecule has 1 amide bonds. The zero-order valence-electron chi connectivity index (χ0n) is 12.2. The van der Waals surface area contributed by atoms with Crippen LogP contribution in [0.25, 0.3) is 0 Å². The average molecular weight is 272 g/mol. The molecule has 0 spiro atoms. The summed E-state index contributed by atoms with van der Waals surface area (Å²) in [7, 11) is 0. The van der Waals surface area contributed by atoms with Crippen LogP contribution in [-0.4, -0.2) is 29.9 Å². The molecule has 0 bridgehead atoms. The second-order valence-corrected chi connectivity index (χ2v) is 6.17. The lowest BCUT2D eigenvalue weighted by atomic mass is 9.98. The van der Waals surface area contributed by atoms with E-state index in [4.69, 9.17) is 0 Å². The number of amides is 1. The van der Waals surface area contributed by atoms with Gasteiger partial charge in [0.15, 0.2) is 0 Å². The van der Waals surface area contributed by atoms with Crippen molar-refractivity contribution in [1.29, 1.82) is 0 Å². The summed E-state index contributed by atoms with van der Waals surface area (Å²) >= 11 is 0. The lowest BCUT2D eigenvalue weighted by Gasteiger charge is -2.34. The van der Waals surface area contributed by atoms with E-state index in [0.717, 1.165) is 31.8 Å². The van der Waals surface area contributed by atoms with Crippen molar-refractivity contribution in [1.82, 2.24) is 10.2 Å². The van der Waals surface area contributed by atoms with E-state index < -0.39 is 0 Å². The maximum absolute atomic E-state index is 11.4. The molecular weight excluding hydrogens is 248 g/mol. The summed E-state index contributed by atoms with van der Waals surface area (Å²) in [6.45, 7) is 3.48. The van der Waals surface area contributed by atoms with E-state index >= 15 is 0 Å². The highest BCUT2D eigenvalue weighted by atomic mass is 16.2. The van der Waals surface area contributed by atoms with Crippen molar-refractivity contribution in [2.45, 2.75) is 44.7 Å². The Morgan fingerprint density at radius 2 is 1.80 bits per heavy atom. The summed E-state index contributed by atoms with van der Waals surface area (Å²) in [5.74, 6) is 1.02. The summed E-state index contributed by atoms with van der Waals surface area (Å²) in [6.07, 6.45) is 4.85. The van der Waals surface area contributed by atoms with Gasteiger partial charge in [-0.15, -0.1) is 0 Å². The number of benzene rings is 1. The minimum absolute atomic E-state index is 0.213. The van der Waals surface area contributed by atoms with Gasteiger partial charge in [0.1, 0.15) is 0 Å². The van der Waals surface area contributed by atoms with Crippen molar-refractivity contribution >= 4 is 5.91 Å². The molecule has 2 fully saturated rings. The molecule has 1 unspecified atom stereocenters. The molecule has 108 valence electrons. The zero-order chi connectivity index (χ0) is 13.9. The highest BCUT2D eigenvalue weighted by molar-refractivity contribution is 5.73. The van der Waals surface area contributed by atoms with E-state index in [1.165, 1.54) is 18.4 Å². The number of hydrogen-bond acceptors (Lipinski definition) is 2. The fourth-order valence-electron chi connectivity index (χ4n) is 3.21. The molecule has 2 aliphatic rings. The molecule has 1 aromatic carbocycles. The third-order valence-electron chi connectivity index (χ3n) is 4.61. The standard InChI is InChI=1S/C17H24N2O/c1-13(20)19-11-9-16(10-12-19)18-17(15-7-8-15)14-5-3-2-4-6-14/h2-6,15-18H,7-12H2,1H3. The van der Waals surface area contributed by atoms with Crippen molar-refractivity contribution in [2.75, 3.05) is 13.1 Å². The van der Waals surface area contributed by atoms with E-state index in [1.807, 2.05) is 4.90 Å². The largest absolute Gasteiger partial charge is 0.343 e. The second-order valence-electron chi connectivity index (χ2n) is 6.17. The summed E-state index contributed by atoms with van der Waals surface area (Å²) in [4.78, 5) is 13.3. The molecule has 1 aromatic rings. The van der Waals surface area contributed by atoms with Gasteiger partial charge in [-0.1, -0.05) is 30.3 Å². The summed E-state index contributed by atoms with van der Waals surface area (Å²) < 4.78 is 0. The first kappa shape index (κ1) is 13.6. The van der Waals surface area contributed by atoms with Gasteiger partial charge in [-0.2, -0.15) is 0 Å². The minimum atomic E-state index is 0.213. The van der Waals surface area contributed by atoms with Crippen molar-refractivity contribution in [3.05, 3.63) is 35.9 Å². The Morgan fingerprint density at radius 3 is 2.35 bits per heavy atom. The van der Waals surface area contributed by atoms with Crippen LogP contribution in [0.15, 0.2) is 30.3 Å². The predicted octanol–water partition coefficient (Wildman–Crippen LogP) is 2.74.